The van der Waals surface area contributed by atoms with E-state index in [0.29, 0.717) is 37.7 Å². The fourth-order valence-electron chi connectivity index (χ4n) is 10.5. The third-order valence-corrected chi connectivity index (χ3v) is 15.7. The minimum absolute atomic E-state index is 0.00494. The number of methoxy groups -OCH3 is 1. The summed E-state index contributed by atoms with van der Waals surface area (Å²) in [7, 11) is 1.50. The monoisotopic (exact) mass is 1100 g/mol. The Kier molecular flexibility index (Phi) is 29.0. The molecule has 9 N–H and O–H groups in total. The number of carbonyl (C=O) groups is 2. The van der Waals surface area contributed by atoms with E-state index in [2.05, 4.69) is 0 Å². The first kappa shape index (κ1) is 67.0. The third kappa shape index (κ3) is 22.4. The van der Waals surface area contributed by atoms with E-state index in [0.717, 1.165) is 0 Å². The van der Waals surface area contributed by atoms with Gasteiger partial charge in [-0.25, -0.2) is 0 Å². The molecule has 0 spiro atoms. The fraction of sp³-hybridized carbons (Fsp3) is 0.828. The smallest absolute Gasteiger partial charge is 0.306 e. The van der Waals surface area contributed by atoms with Gasteiger partial charge in [0.2, 0.25) is 0 Å². The van der Waals surface area contributed by atoms with Crippen LogP contribution in [0.4, 0.5) is 0 Å². The Balaban J connectivity index is 1.47. The Morgan fingerprint density at radius 1 is 0.675 bits per heavy atom. The van der Waals surface area contributed by atoms with E-state index in [9.17, 15) is 55.5 Å². The second-order valence-electron chi connectivity index (χ2n) is 22.8. The fourth-order valence-corrected chi connectivity index (χ4v) is 10.5. The molecule has 0 aromatic heterocycles. The van der Waals surface area contributed by atoms with E-state index < -0.39 is 146 Å². The Hall–Kier alpha value is -2.54. The quantitative estimate of drug-likeness (QED) is 0.0998. The molecule has 444 valence electrons. The molecule has 3 saturated heterocycles. The minimum atomic E-state index is -1.12. The van der Waals surface area contributed by atoms with Crippen molar-refractivity contribution in [3.05, 3.63) is 48.1 Å². The highest BCUT2D eigenvalue weighted by Gasteiger charge is 2.44. The van der Waals surface area contributed by atoms with Gasteiger partial charge in [0.05, 0.1) is 79.4 Å². The SMILES string of the molecule is CO[C@@H]1C[C@H](O[C@H]2C[C@@H](O)CC=C(C)C(=O)C[C@H](O)CCCCCC(=O)O[C@H](C[C@@H](O)[C@H](C)[C@@H](O)[C@@H](C)[C@H](CC(C)C)O[C@H]3C[C@@H](O[C@H]4C[C@@H](O)[C@H](O)[C@@H](C)O4)[C@H](O)[C@@H](C)O3)[C@@H](C)C=CC=CC=C[C@@H](O)C2)O[C@H](C)[C@H]1O. The van der Waals surface area contributed by atoms with E-state index in [1.807, 2.05) is 33.8 Å². The van der Waals surface area contributed by atoms with Crippen molar-refractivity contribution >= 4 is 11.8 Å². The first-order valence-corrected chi connectivity index (χ1v) is 28.4. The molecular weight excluding hydrogens is 1000 g/mol. The molecule has 0 aliphatic carbocycles. The number of ketones is 1. The second-order valence-corrected chi connectivity index (χ2v) is 22.8. The van der Waals surface area contributed by atoms with Crippen molar-refractivity contribution in [2.45, 2.75) is 275 Å². The van der Waals surface area contributed by atoms with Crippen molar-refractivity contribution < 1.29 is 93.4 Å². The summed E-state index contributed by atoms with van der Waals surface area (Å²) in [4.78, 5) is 26.5. The van der Waals surface area contributed by atoms with Crippen LogP contribution in [0.1, 0.15) is 152 Å². The predicted octanol–water partition coefficient (Wildman–Crippen LogP) is 4.77. The number of Topliss-reactive ketones (excluding diaryl/α,β-unsaturated/α-hetero) is 1. The molecule has 23 atom stereocenters. The average molecular weight is 1100 g/mol. The first-order valence-electron chi connectivity index (χ1n) is 28.4. The maximum absolute atomic E-state index is 13.4. The molecule has 19 heteroatoms. The van der Waals surface area contributed by atoms with Crippen molar-refractivity contribution in [2.75, 3.05) is 7.11 Å². The van der Waals surface area contributed by atoms with Gasteiger partial charge in [-0.3, -0.25) is 9.59 Å². The zero-order valence-corrected chi connectivity index (χ0v) is 47.4. The lowest BCUT2D eigenvalue weighted by Crippen LogP contribution is -2.54. The summed E-state index contributed by atoms with van der Waals surface area (Å²) in [5.41, 5.74) is 0.404. The zero-order valence-electron chi connectivity index (χ0n) is 47.4. The highest BCUT2D eigenvalue weighted by atomic mass is 16.7. The number of ether oxygens (including phenoxy) is 8. The van der Waals surface area contributed by atoms with Gasteiger partial charge in [-0.15, -0.1) is 0 Å². The van der Waals surface area contributed by atoms with Crippen molar-refractivity contribution in [3.63, 3.8) is 0 Å². The van der Waals surface area contributed by atoms with Crippen LogP contribution >= 0.6 is 0 Å². The molecule has 4 aliphatic rings. The van der Waals surface area contributed by atoms with Crippen LogP contribution in [0.5, 0.6) is 0 Å². The molecule has 0 amide bonds. The number of aliphatic hydroxyl groups excluding tert-OH is 9. The Bertz CT molecular complexity index is 1830. The van der Waals surface area contributed by atoms with E-state index in [-0.39, 0.29) is 69.5 Å². The molecule has 4 aliphatic heterocycles. The molecule has 0 saturated carbocycles. The maximum atomic E-state index is 13.4. The highest BCUT2D eigenvalue weighted by molar-refractivity contribution is 5.95. The van der Waals surface area contributed by atoms with Crippen LogP contribution in [-0.4, -0.2) is 187 Å². The summed E-state index contributed by atoms with van der Waals surface area (Å²) in [5.74, 6) is -2.19. The molecular formula is C58H98O19. The summed E-state index contributed by atoms with van der Waals surface area (Å²) in [6.07, 6.45) is -1.55. The third-order valence-electron chi connectivity index (χ3n) is 15.7. The molecule has 0 aromatic rings. The van der Waals surface area contributed by atoms with Crippen molar-refractivity contribution in [1.82, 2.24) is 0 Å². The van der Waals surface area contributed by atoms with Crippen LogP contribution in [0.3, 0.4) is 0 Å². The molecule has 4 rings (SSSR count). The summed E-state index contributed by atoms with van der Waals surface area (Å²) >= 11 is 0. The number of carbonyl (C=O) groups excluding carboxylic acids is 2. The summed E-state index contributed by atoms with van der Waals surface area (Å²) < 4.78 is 48.3. The zero-order chi connectivity index (χ0) is 57.1. The van der Waals surface area contributed by atoms with Crippen LogP contribution in [0.15, 0.2) is 48.1 Å². The minimum Gasteiger partial charge on any atom is -0.462 e. The molecule has 3 fully saturated rings. The maximum Gasteiger partial charge on any atom is 0.306 e. The van der Waals surface area contributed by atoms with Crippen LogP contribution in [-0.2, 0) is 47.5 Å². The molecule has 4 heterocycles. The lowest BCUT2D eigenvalue weighted by atomic mass is 9.81. The van der Waals surface area contributed by atoms with Crippen LogP contribution in [0, 0.1) is 23.7 Å². The van der Waals surface area contributed by atoms with E-state index in [1.165, 1.54) is 7.11 Å². The van der Waals surface area contributed by atoms with Gasteiger partial charge in [0.25, 0.3) is 0 Å². The van der Waals surface area contributed by atoms with Gasteiger partial charge in [-0.05, 0) is 64.9 Å². The number of aliphatic hydroxyl groups is 9. The van der Waals surface area contributed by atoms with Gasteiger partial charge in [-0.1, -0.05) is 90.0 Å². The second kappa shape index (κ2) is 33.4. The normalized spacial score (nSPS) is 38.6. The van der Waals surface area contributed by atoms with Crippen molar-refractivity contribution in [2.24, 2.45) is 23.7 Å². The Morgan fingerprint density at radius 2 is 1.29 bits per heavy atom. The number of rotatable bonds is 15. The van der Waals surface area contributed by atoms with Gasteiger partial charge in [0, 0.05) is 76.2 Å². The highest BCUT2D eigenvalue weighted by Crippen LogP contribution is 2.34. The Morgan fingerprint density at radius 3 is 1.94 bits per heavy atom. The standard InChI is InChI=1S/C58H98O19/c1-32(2)24-48(76-54-31-50(58(69)39(9)73-54)77-52-29-46(64)56(67)37(7)71-52)36(6)55(66)35(5)45(63)28-47-34(4)18-14-11-12-15-19-40(59)25-43(74-53-30-49(70-10)57(68)38(8)72-53)26-42(61)23-22-33(3)44(62)27-41(60)20-16-13-17-21-51(65)75-47/h11-12,14-15,18-19,22,32,34-43,45-50,52-61,63-64,66-69H,13,16-17,20-21,23-31H2,1-10H3/t34-,35-,36-,37+,38+,39+,40+,41+,42-,43+,45+,46+,47+,48-,49+,50+,52-,53-,54-,55+,56+,57+,58+/m0/s1. The van der Waals surface area contributed by atoms with Gasteiger partial charge in [-0.2, -0.15) is 0 Å². The Labute approximate surface area is 457 Å². The van der Waals surface area contributed by atoms with Gasteiger partial charge >= 0.3 is 5.97 Å². The van der Waals surface area contributed by atoms with Crippen LogP contribution in [0.25, 0.3) is 0 Å². The number of hydrogen-bond acceptors (Lipinski definition) is 19. The molecule has 0 aromatic carbocycles. The molecule has 19 nitrogen and oxygen atoms in total. The van der Waals surface area contributed by atoms with Gasteiger partial charge in [0.1, 0.15) is 24.4 Å². The first-order chi connectivity index (χ1) is 36.4. The van der Waals surface area contributed by atoms with Gasteiger partial charge < -0.3 is 83.9 Å². The van der Waals surface area contributed by atoms with E-state index >= 15 is 0 Å². The molecule has 0 bridgehead atoms. The molecule has 0 radical (unpaired) electrons. The largest absolute Gasteiger partial charge is 0.462 e. The van der Waals surface area contributed by atoms with Crippen molar-refractivity contribution in [1.29, 1.82) is 0 Å². The molecule has 77 heavy (non-hydrogen) atoms. The van der Waals surface area contributed by atoms with Crippen LogP contribution in [0.2, 0.25) is 0 Å². The van der Waals surface area contributed by atoms with E-state index in [1.54, 1.807) is 71.1 Å². The van der Waals surface area contributed by atoms with E-state index in [4.69, 9.17) is 37.9 Å². The number of esters is 1. The van der Waals surface area contributed by atoms with Gasteiger partial charge in [0.15, 0.2) is 24.7 Å². The topological polar surface area (TPSA) is 290 Å². The summed E-state index contributed by atoms with van der Waals surface area (Å²) in [5, 5.41) is 98.8. The molecule has 0 unspecified atom stereocenters. The van der Waals surface area contributed by atoms with Crippen molar-refractivity contribution in [3.8, 4) is 0 Å². The number of hydrogen-bond donors (Lipinski definition) is 9. The number of cyclic esters (lactones) is 1. The predicted molar refractivity (Wildman–Crippen MR) is 286 cm³/mol. The lowest BCUT2D eigenvalue weighted by Gasteiger charge is -2.43. The summed E-state index contributed by atoms with van der Waals surface area (Å²) in [6.45, 7) is 16.2. The average Bonchev–Trinajstić information content (AvgIpc) is 3.36. The lowest BCUT2D eigenvalue weighted by molar-refractivity contribution is -0.314. The number of allylic oxidation sites excluding steroid dienone is 5. The summed E-state index contributed by atoms with van der Waals surface area (Å²) in [6, 6.07) is 0. The van der Waals surface area contributed by atoms with Crippen LogP contribution < -0.4 is 0 Å².